The molecule has 1 unspecified atom stereocenters. The molecule has 0 aromatic carbocycles. The van der Waals surface area contributed by atoms with Crippen LogP contribution in [-0.4, -0.2) is 29.4 Å². The number of carboxylic acids is 1. The lowest BCUT2D eigenvalue weighted by Crippen LogP contribution is -2.30. The standard InChI is InChI=1S/C6H10N3O3/c7-5(6(11)12)2-1-4(10)3-9-8/h5H,1-3,7H2,(H,11,12)/q-1. The summed E-state index contributed by atoms with van der Waals surface area (Å²) in [6.45, 7) is -0.299. The fourth-order valence-electron chi connectivity index (χ4n) is 0.598. The molecule has 0 radical (unpaired) electrons. The second-order valence-corrected chi connectivity index (χ2v) is 2.32. The molecule has 68 valence electrons. The van der Waals surface area contributed by atoms with E-state index in [0.29, 0.717) is 0 Å². The number of carbonyl (C=O) groups is 2. The van der Waals surface area contributed by atoms with Crippen molar-refractivity contribution < 1.29 is 14.7 Å². The van der Waals surface area contributed by atoms with E-state index in [1.807, 2.05) is 0 Å². The first-order chi connectivity index (χ1) is 5.57. The highest BCUT2D eigenvalue weighted by atomic mass is 16.4. The van der Waals surface area contributed by atoms with Crippen molar-refractivity contribution in [2.75, 3.05) is 6.54 Å². The molecule has 6 heteroatoms. The first-order valence-corrected chi connectivity index (χ1v) is 3.39. The molecule has 0 amide bonds. The van der Waals surface area contributed by atoms with Crippen molar-refractivity contribution in [1.82, 2.24) is 0 Å². The number of nitrogens with two attached hydrogens (primary N) is 1. The summed E-state index contributed by atoms with van der Waals surface area (Å²) in [7, 11) is 0. The van der Waals surface area contributed by atoms with Gasteiger partial charge in [-0.05, 0) is 6.42 Å². The number of hydrogen-bond acceptors (Lipinski definition) is 4. The van der Waals surface area contributed by atoms with Crippen molar-refractivity contribution in [3.8, 4) is 0 Å². The summed E-state index contributed by atoms with van der Waals surface area (Å²) in [5.41, 5.74) is 13.1. The molecule has 12 heavy (non-hydrogen) atoms. The SMILES string of the molecule is [N-]=NCC(=O)CCC(N)C(=O)O. The number of Topliss-reactive ketones (excluding diaryl/α,β-unsaturated/α-hetero) is 1. The van der Waals surface area contributed by atoms with E-state index in [9.17, 15) is 9.59 Å². The molecule has 0 fully saturated rings. The van der Waals surface area contributed by atoms with Crippen LogP contribution in [-0.2, 0) is 9.59 Å². The molecule has 0 bridgehead atoms. The fraction of sp³-hybridized carbons (Fsp3) is 0.667. The number of hydrogen-bond donors (Lipinski definition) is 2. The van der Waals surface area contributed by atoms with Crippen molar-refractivity contribution in [2.24, 2.45) is 10.8 Å². The maximum Gasteiger partial charge on any atom is 0.320 e. The Bertz CT molecular complexity index is 192. The van der Waals surface area contributed by atoms with Gasteiger partial charge in [-0.1, -0.05) is 0 Å². The van der Waals surface area contributed by atoms with Crippen LogP contribution in [0.2, 0.25) is 0 Å². The van der Waals surface area contributed by atoms with Gasteiger partial charge in [-0.2, -0.15) is 0 Å². The summed E-state index contributed by atoms with van der Waals surface area (Å²) in [4.78, 5) is 20.8. The number of carbonyl (C=O) groups excluding carboxylic acids is 1. The monoisotopic (exact) mass is 172 g/mol. The van der Waals surface area contributed by atoms with Crippen molar-refractivity contribution >= 4 is 11.8 Å². The van der Waals surface area contributed by atoms with E-state index in [-0.39, 0.29) is 25.2 Å². The second kappa shape index (κ2) is 5.36. The minimum Gasteiger partial charge on any atom is -0.712 e. The van der Waals surface area contributed by atoms with Gasteiger partial charge in [-0.3, -0.25) is 9.59 Å². The van der Waals surface area contributed by atoms with Gasteiger partial charge >= 0.3 is 5.97 Å². The zero-order valence-corrected chi connectivity index (χ0v) is 6.43. The third-order valence-corrected chi connectivity index (χ3v) is 1.30. The summed E-state index contributed by atoms with van der Waals surface area (Å²) in [5.74, 6) is -1.46. The van der Waals surface area contributed by atoms with Crippen LogP contribution < -0.4 is 5.73 Å². The zero-order valence-electron chi connectivity index (χ0n) is 6.43. The van der Waals surface area contributed by atoms with Crippen molar-refractivity contribution in [2.45, 2.75) is 18.9 Å². The first-order valence-electron chi connectivity index (χ1n) is 3.39. The second-order valence-electron chi connectivity index (χ2n) is 2.32. The third kappa shape index (κ3) is 4.51. The van der Waals surface area contributed by atoms with E-state index in [1.165, 1.54) is 0 Å². The van der Waals surface area contributed by atoms with Crippen LogP contribution in [0.4, 0.5) is 0 Å². The topological polar surface area (TPSA) is 115 Å². The van der Waals surface area contributed by atoms with Crippen LogP contribution in [0.3, 0.4) is 0 Å². The molecule has 3 N–H and O–H groups in total. The van der Waals surface area contributed by atoms with Crippen molar-refractivity contribution in [1.29, 1.82) is 0 Å². The highest BCUT2D eigenvalue weighted by Crippen LogP contribution is 1.96. The Balaban J connectivity index is 3.60. The van der Waals surface area contributed by atoms with E-state index in [2.05, 4.69) is 5.11 Å². The normalized spacial score (nSPS) is 12.1. The Hall–Kier alpha value is -1.30. The Morgan fingerprint density at radius 3 is 2.58 bits per heavy atom. The van der Waals surface area contributed by atoms with Crippen LogP contribution in [0.5, 0.6) is 0 Å². The van der Waals surface area contributed by atoms with Gasteiger partial charge in [-0.25, -0.2) is 0 Å². The van der Waals surface area contributed by atoms with Gasteiger partial charge in [-0.15, -0.1) is 0 Å². The molecule has 0 heterocycles. The summed E-state index contributed by atoms with van der Waals surface area (Å²) < 4.78 is 0. The lowest BCUT2D eigenvalue weighted by Gasteiger charge is -2.04. The largest absolute Gasteiger partial charge is 0.712 e. The van der Waals surface area contributed by atoms with E-state index in [1.54, 1.807) is 0 Å². The molecule has 0 aliphatic rings. The Morgan fingerprint density at radius 2 is 2.17 bits per heavy atom. The number of aliphatic carboxylic acids is 1. The maximum atomic E-state index is 10.7. The number of carboxylic acid groups (broad SMARTS) is 1. The Kier molecular flexibility index (Phi) is 4.78. The molecule has 0 spiro atoms. The van der Waals surface area contributed by atoms with Gasteiger partial charge in [0.05, 0.1) is 6.54 Å². The van der Waals surface area contributed by atoms with Crippen LogP contribution in [0.15, 0.2) is 5.11 Å². The molecule has 6 nitrogen and oxygen atoms in total. The van der Waals surface area contributed by atoms with Crippen molar-refractivity contribution in [3.63, 3.8) is 0 Å². The summed E-state index contributed by atoms with van der Waals surface area (Å²) in [6, 6.07) is -1.02. The maximum absolute atomic E-state index is 10.7. The predicted octanol–water partition coefficient (Wildman–Crippen LogP) is -0.231. The van der Waals surface area contributed by atoms with Gasteiger partial charge in [0.2, 0.25) is 0 Å². The van der Waals surface area contributed by atoms with Gasteiger partial charge in [0.1, 0.15) is 6.04 Å². The molecule has 0 aliphatic carbocycles. The van der Waals surface area contributed by atoms with E-state index in [4.69, 9.17) is 16.4 Å². The molecule has 0 aliphatic heterocycles. The third-order valence-electron chi connectivity index (χ3n) is 1.30. The lowest BCUT2D eigenvalue weighted by molar-refractivity contribution is -0.138. The summed E-state index contributed by atoms with van der Waals surface area (Å²) >= 11 is 0. The average molecular weight is 172 g/mol. The molecule has 0 saturated carbocycles. The van der Waals surface area contributed by atoms with Crippen LogP contribution in [0.1, 0.15) is 12.8 Å². The lowest BCUT2D eigenvalue weighted by atomic mass is 10.1. The molecule has 1 atom stereocenters. The molecule has 0 aromatic rings. The fourth-order valence-corrected chi connectivity index (χ4v) is 0.598. The van der Waals surface area contributed by atoms with Gasteiger partial charge < -0.3 is 21.5 Å². The zero-order chi connectivity index (χ0) is 9.56. The first kappa shape index (κ1) is 10.7. The van der Waals surface area contributed by atoms with Gasteiger partial charge in [0.25, 0.3) is 0 Å². The molecule has 0 saturated heterocycles. The Morgan fingerprint density at radius 1 is 1.58 bits per heavy atom. The molecular weight excluding hydrogens is 162 g/mol. The Labute approximate surface area is 69.3 Å². The highest BCUT2D eigenvalue weighted by Gasteiger charge is 2.12. The van der Waals surface area contributed by atoms with E-state index >= 15 is 0 Å². The number of ketones is 1. The predicted molar refractivity (Wildman–Crippen MR) is 40.5 cm³/mol. The smallest absolute Gasteiger partial charge is 0.320 e. The van der Waals surface area contributed by atoms with E-state index in [0.717, 1.165) is 0 Å². The number of rotatable bonds is 6. The highest BCUT2D eigenvalue weighted by molar-refractivity contribution is 5.81. The van der Waals surface area contributed by atoms with E-state index < -0.39 is 12.0 Å². The minimum atomic E-state index is -1.14. The van der Waals surface area contributed by atoms with Crippen LogP contribution in [0.25, 0.3) is 5.53 Å². The van der Waals surface area contributed by atoms with Crippen LogP contribution >= 0.6 is 0 Å². The summed E-state index contributed by atoms with van der Waals surface area (Å²) in [6.07, 6.45) is 0.0984. The quantitative estimate of drug-likeness (QED) is 0.538. The molecule has 0 aromatic heterocycles. The minimum absolute atomic E-state index is 0.0253. The van der Waals surface area contributed by atoms with Crippen molar-refractivity contribution in [3.05, 3.63) is 5.53 Å². The van der Waals surface area contributed by atoms with Gasteiger partial charge in [0, 0.05) is 6.42 Å². The number of nitrogens with zero attached hydrogens (tertiary/aromatic N) is 2. The average Bonchev–Trinajstić information content (AvgIpc) is 2.00. The molecule has 0 rings (SSSR count). The van der Waals surface area contributed by atoms with Gasteiger partial charge in [0.15, 0.2) is 5.78 Å². The summed E-state index contributed by atoms with van der Waals surface area (Å²) in [5, 5.41) is 10.9. The van der Waals surface area contributed by atoms with Crippen LogP contribution in [0, 0.1) is 0 Å². The molecular formula is C6H10N3O3-.